The van der Waals surface area contributed by atoms with E-state index in [9.17, 15) is 4.79 Å². The van der Waals surface area contributed by atoms with Gasteiger partial charge in [0.1, 0.15) is 0 Å². The van der Waals surface area contributed by atoms with Crippen molar-refractivity contribution in [1.29, 1.82) is 0 Å². The van der Waals surface area contributed by atoms with Gasteiger partial charge >= 0.3 is 0 Å². The second-order valence-corrected chi connectivity index (χ2v) is 4.77. The molecule has 2 unspecified atom stereocenters. The van der Waals surface area contributed by atoms with Crippen LogP contribution in [-0.4, -0.2) is 11.9 Å². The molecule has 1 amide bonds. The van der Waals surface area contributed by atoms with Crippen LogP contribution < -0.4 is 11.1 Å². The van der Waals surface area contributed by atoms with E-state index in [4.69, 9.17) is 5.73 Å². The maximum Gasteiger partial charge on any atom is 0.231 e. The molecule has 0 fully saturated rings. The average Bonchev–Trinajstić information content (AvgIpc) is 2.45. The monoisotopic (exact) mass is 218 g/mol. The Kier molecular flexibility index (Phi) is 2.72. The summed E-state index contributed by atoms with van der Waals surface area (Å²) in [7, 11) is 0. The molecule has 3 N–H and O–H groups in total. The second-order valence-electron chi connectivity index (χ2n) is 4.77. The maximum absolute atomic E-state index is 11.6. The van der Waals surface area contributed by atoms with Crippen LogP contribution >= 0.6 is 0 Å². The predicted octanol–water partition coefficient (Wildman–Crippen LogP) is 1.94. The smallest absolute Gasteiger partial charge is 0.231 e. The summed E-state index contributed by atoms with van der Waals surface area (Å²) >= 11 is 0. The maximum atomic E-state index is 11.6. The third-order valence-electron chi connectivity index (χ3n) is 3.09. The lowest BCUT2D eigenvalue weighted by atomic mass is 9.95. The van der Waals surface area contributed by atoms with Crippen LogP contribution in [0.2, 0.25) is 0 Å². The average molecular weight is 218 g/mol. The normalized spacial score (nSPS) is 20.5. The van der Waals surface area contributed by atoms with E-state index >= 15 is 0 Å². The van der Waals surface area contributed by atoms with E-state index in [0.717, 1.165) is 23.2 Å². The number of hydrogen-bond donors (Lipinski definition) is 2. The van der Waals surface area contributed by atoms with Crippen LogP contribution in [0.15, 0.2) is 12.1 Å². The summed E-state index contributed by atoms with van der Waals surface area (Å²) in [5.41, 5.74) is 10.3. The van der Waals surface area contributed by atoms with Gasteiger partial charge in [0.25, 0.3) is 0 Å². The summed E-state index contributed by atoms with van der Waals surface area (Å²) in [6.45, 7) is 5.97. The molecule has 0 spiro atoms. The van der Waals surface area contributed by atoms with E-state index in [2.05, 4.69) is 17.4 Å². The van der Waals surface area contributed by atoms with Crippen LogP contribution in [-0.2, 0) is 11.2 Å². The zero-order chi connectivity index (χ0) is 11.9. The minimum absolute atomic E-state index is 0.0401. The number of rotatable bonds is 2. The molecule has 2 rings (SSSR count). The molecule has 0 radical (unpaired) electrons. The van der Waals surface area contributed by atoms with E-state index in [1.807, 2.05) is 20.8 Å². The van der Waals surface area contributed by atoms with E-state index in [1.165, 1.54) is 5.56 Å². The third-order valence-corrected chi connectivity index (χ3v) is 3.09. The summed E-state index contributed by atoms with van der Waals surface area (Å²) in [6.07, 6.45) is 0.856. The highest BCUT2D eigenvalue weighted by atomic mass is 16.2. The number of hydrogen-bond acceptors (Lipinski definition) is 2. The minimum atomic E-state index is -0.0401. The minimum Gasteiger partial charge on any atom is -0.328 e. The number of nitrogens with two attached hydrogens (primary N) is 1. The first kappa shape index (κ1) is 11.1. The molecule has 86 valence electrons. The molecule has 0 bridgehead atoms. The Bertz CT molecular complexity index is 438. The molecule has 0 saturated carbocycles. The molecule has 0 aromatic heterocycles. The highest BCUT2D eigenvalue weighted by Gasteiger charge is 2.28. The molecule has 1 aliphatic heterocycles. The number of benzene rings is 1. The van der Waals surface area contributed by atoms with Gasteiger partial charge in [0.15, 0.2) is 0 Å². The van der Waals surface area contributed by atoms with Crippen LogP contribution in [0.1, 0.15) is 36.5 Å². The molecule has 2 atom stereocenters. The quantitative estimate of drug-likeness (QED) is 0.797. The molecule has 16 heavy (non-hydrogen) atoms. The SMILES string of the molecule is Cc1cc(CC(C)N)cc2c1NC(=O)C2C. The van der Waals surface area contributed by atoms with E-state index in [1.54, 1.807) is 0 Å². The standard InChI is InChI=1S/C13H18N2O/c1-7-4-10(5-8(2)14)6-11-9(3)13(16)15-12(7)11/h4,6,8-9H,5,14H2,1-3H3,(H,15,16). The van der Waals surface area contributed by atoms with Gasteiger partial charge in [-0.2, -0.15) is 0 Å². The molecule has 3 heteroatoms. The van der Waals surface area contributed by atoms with Crippen molar-refractivity contribution in [2.45, 2.75) is 39.2 Å². The zero-order valence-electron chi connectivity index (χ0n) is 10.0. The highest BCUT2D eigenvalue weighted by molar-refractivity contribution is 6.03. The van der Waals surface area contributed by atoms with Crippen LogP contribution in [0.25, 0.3) is 0 Å². The van der Waals surface area contributed by atoms with Crippen molar-refractivity contribution in [3.8, 4) is 0 Å². The van der Waals surface area contributed by atoms with E-state index in [0.29, 0.717) is 0 Å². The van der Waals surface area contributed by atoms with Crippen molar-refractivity contribution in [2.75, 3.05) is 5.32 Å². The fourth-order valence-electron chi connectivity index (χ4n) is 2.27. The summed E-state index contributed by atoms with van der Waals surface area (Å²) in [5.74, 6) is 0.0535. The molecule has 3 nitrogen and oxygen atoms in total. The topological polar surface area (TPSA) is 55.1 Å². The van der Waals surface area contributed by atoms with Crippen LogP contribution in [0.3, 0.4) is 0 Å². The van der Waals surface area contributed by atoms with Gasteiger partial charge in [-0.05, 0) is 43.9 Å². The Hall–Kier alpha value is -1.35. The molecular weight excluding hydrogens is 200 g/mol. The number of carbonyl (C=O) groups is 1. The van der Waals surface area contributed by atoms with Gasteiger partial charge in [0.2, 0.25) is 5.91 Å². The zero-order valence-corrected chi connectivity index (χ0v) is 10.0. The fraction of sp³-hybridized carbons (Fsp3) is 0.462. The molecule has 1 aliphatic rings. The molecule has 1 heterocycles. The van der Waals surface area contributed by atoms with Crippen molar-refractivity contribution in [2.24, 2.45) is 5.73 Å². The van der Waals surface area contributed by atoms with Gasteiger partial charge in [0, 0.05) is 11.7 Å². The summed E-state index contributed by atoms with van der Waals surface area (Å²) in [4.78, 5) is 11.6. The lowest BCUT2D eigenvalue weighted by molar-refractivity contribution is -0.116. The van der Waals surface area contributed by atoms with Crippen molar-refractivity contribution >= 4 is 11.6 Å². The predicted molar refractivity (Wildman–Crippen MR) is 65.6 cm³/mol. The van der Waals surface area contributed by atoms with E-state index in [-0.39, 0.29) is 17.9 Å². The Morgan fingerprint density at radius 1 is 1.50 bits per heavy atom. The number of fused-ring (bicyclic) bond motifs is 1. The first-order valence-electron chi connectivity index (χ1n) is 5.69. The lowest BCUT2D eigenvalue weighted by Crippen LogP contribution is -2.17. The van der Waals surface area contributed by atoms with Gasteiger partial charge in [0.05, 0.1) is 5.92 Å². The second kappa shape index (κ2) is 3.91. The van der Waals surface area contributed by atoms with Gasteiger partial charge in [-0.3, -0.25) is 4.79 Å². The number of carbonyl (C=O) groups excluding carboxylic acids is 1. The molecule has 1 aromatic carbocycles. The molecular formula is C13H18N2O. The number of aryl methyl sites for hydroxylation is 1. The Balaban J connectivity index is 2.42. The summed E-state index contributed by atoms with van der Waals surface area (Å²) < 4.78 is 0. The Morgan fingerprint density at radius 2 is 2.19 bits per heavy atom. The lowest BCUT2D eigenvalue weighted by Gasteiger charge is -2.11. The van der Waals surface area contributed by atoms with Gasteiger partial charge in [-0.1, -0.05) is 12.1 Å². The van der Waals surface area contributed by atoms with Gasteiger partial charge in [-0.15, -0.1) is 0 Å². The number of nitrogens with one attached hydrogen (secondary N) is 1. The third kappa shape index (κ3) is 1.83. The van der Waals surface area contributed by atoms with Crippen molar-refractivity contribution in [3.63, 3.8) is 0 Å². The van der Waals surface area contributed by atoms with Crippen molar-refractivity contribution in [1.82, 2.24) is 0 Å². The van der Waals surface area contributed by atoms with Crippen molar-refractivity contribution in [3.05, 3.63) is 28.8 Å². The number of anilines is 1. The Morgan fingerprint density at radius 3 is 2.81 bits per heavy atom. The van der Waals surface area contributed by atoms with Gasteiger partial charge < -0.3 is 11.1 Å². The van der Waals surface area contributed by atoms with Crippen LogP contribution in [0.5, 0.6) is 0 Å². The van der Waals surface area contributed by atoms with Crippen molar-refractivity contribution < 1.29 is 4.79 Å². The highest BCUT2D eigenvalue weighted by Crippen LogP contribution is 2.35. The molecule has 0 aliphatic carbocycles. The molecule has 1 aromatic rings. The Labute approximate surface area is 96.0 Å². The number of amides is 1. The largest absolute Gasteiger partial charge is 0.328 e. The fourth-order valence-corrected chi connectivity index (χ4v) is 2.27. The van der Waals surface area contributed by atoms with Gasteiger partial charge in [-0.25, -0.2) is 0 Å². The van der Waals surface area contributed by atoms with Crippen LogP contribution in [0.4, 0.5) is 5.69 Å². The first-order valence-corrected chi connectivity index (χ1v) is 5.69. The van der Waals surface area contributed by atoms with E-state index < -0.39 is 0 Å². The first-order chi connectivity index (χ1) is 7.49. The molecule has 0 saturated heterocycles. The van der Waals surface area contributed by atoms with Crippen LogP contribution in [0, 0.1) is 6.92 Å². The summed E-state index contributed by atoms with van der Waals surface area (Å²) in [6, 6.07) is 4.37. The summed E-state index contributed by atoms with van der Waals surface area (Å²) in [5, 5.41) is 2.93.